The van der Waals surface area contributed by atoms with Crippen LogP contribution in [0.2, 0.25) is 0 Å². The number of nitriles is 1. The lowest BCUT2D eigenvalue weighted by Crippen LogP contribution is -2.13. The van der Waals surface area contributed by atoms with Crippen molar-refractivity contribution in [2.45, 2.75) is 0 Å². The molecule has 3 aromatic rings. The zero-order chi connectivity index (χ0) is 17.8. The fraction of sp³-hybridized carbons (Fsp3) is 0. The first-order valence-electron chi connectivity index (χ1n) is 7.38. The van der Waals surface area contributed by atoms with Crippen molar-refractivity contribution in [1.29, 1.82) is 5.26 Å². The van der Waals surface area contributed by atoms with Gasteiger partial charge in [0.05, 0.1) is 5.69 Å². The first kappa shape index (κ1) is 16.0. The standard InChI is InChI=1S/C19H13N3O3/c20-11-13(19(25)22-15-5-1-2-6-16(15)23)10-12-7-8-17(24)18-14(12)4-3-9-21-18/h1-10,23-24H,(H,22,25). The topological polar surface area (TPSA) is 106 Å². The van der Waals surface area contributed by atoms with Crippen LogP contribution in [0.3, 0.4) is 0 Å². The van der Waals surface area contributed by atoms with Crippen LogP contribution in [0, 0.1) is 11.3 Å². The molecule has 0 saturated carbocycles. The molecule has 25 heavy (non-hydrogen) atoms. The molecule has 2 aromatic carbocycles. The summed E-state index contributed by atoms with van der Waals surface area (Å²) in [6.07, 6.45) is 2.96. The minimum atomic E-state index is -0.644. The first-order chi connectivity index (χ1) is 12.1. The van der Waals surface area contributed by atoms with Crippen LogP contribution in [0.25, 0.3) is 17.0 Å². The molecule has 0 saturated heterocycles. The number of hydrogen-bond donors (Lipinski definition) is 3. The summed E-state index contributed by atoms with van der Waals surface area (Å²) in [5, 5.41) is 32.0. The van der Waals surface area contributed by atoms with Crippen LogP contribution in [0.5, 0.6) is 11.5 Å². The molecule has 0 fully saturated rings. The largest absolute Gasteiger partial charge is 0.506 e. The van der Waals surface area contributed by atoms with Gasteiger partial charge in [-0.15, -0.1) is 0 Å². The monoisotopic (exact) mass is 331 g/mol. The van der Waals surface area contributed by atoms with E-state index in [9.17, 15) is 20.3 Å². The molecule has 0 bridgehead atoms. The molecule has 0 spiro atoms. The summed E-state index contributed by atoms with van der Waals surface area (Å²) < 4.78 is 0. The van der Waals surface area contributed by atoms with E-state index in [1.165, 1.54) is 24.3 Å². The summed E-state index contributed by atoms with van der Waals surface area (Å²) >= 11 is 0. The van der Waals surface area contributed by atoms with E-state index in [1.54, 1.807) is 36.5 Å². The molecular formula is C19H13N3O3. The van der Waals surface area contributed by atoms with Crippen LogP contribution in [-0.4, -0.2) is 21.1 Å². The normalized spacial score (nSPS) is 11.1. The van der Waals surface area contributed by atoms with E-state index in [1.807, 2.05) is 6.07 Å². The quantitative estimate of drug-likeness (QED) is 0.388. The van der Waals surface area contributed by atoms with E-state index >= 15 is 0 Å². The number of carbonyl (C=O) groups excluding carboxylic acids is 1. The number of anilines is 1. The van der Waals surface area contributed by atoms with E-state index in [0.717, 1.165) is 0 Å². The fourth-order valence-electron chi connectivity index (χ4n) is 2.38. The Morgan fingerprint density at radius 2 is 1.88 bits per heavy atom. The molecule has 1 aromatic heterocycles. The number of aromatic hydroxyl groups is 2. The summed E-state index contributed by atoms with van der Waals surface area (Å²) in [6.45, 7) is 0. The Kier molecular flexibility index (Phi) is 4.31. The summed E-state index contributed by atoms with van der Waals surface area (Å²) in [5.41, 5.74) is 1.03. The van der Waals surface area contributed by atoms with E-state index in [4.69, 9.17) is 0 Å². The number of fused-ring (bicyclic) bond motifs is 1. The maximum atomic E-state index is 12.3. The number of phenolic OH excluding ortho intramolecular Hbond substituents is 2. The van der Waals surface area contributed by atoms with Crippen molar-refractivity contribution in [2.75, 3.05) is 5.32 Å². The maximum absolute atomic E-state index is 12.3. The lowest BCUT2D eigenvalue weighted by molar-refractivity contribution is -0.112. The van der Waals surface area contributed by atoms with Gasteiger partial charge in [0.1, 0.15) is 28.7 Å². The second kappa shape index (κ2) is 6.72. The van der Waals surface area contributed by atoms with Crippen LogP contribution < -0.4 is 5.32 Å². The number of rotatable bonds is 3. The average Bonchev–Trinajstić information content (AvgIpc) is 2.63. The van der Waals surface area contributed by atoms with E-state index in [2.05, 4.69) is 10.3 Å². The SMILES string of the molecule is N#CC(=Cc1ccc(O)c2ncccc12)C(=O)Nc1ccccc1O. The van der Waals surface area contributed by atoms with Gasteiger partial charge in [-0.05, 0) is 35.9 Å². The summed E-state index contributed by atoms with van der Waals surface area (Å²) in [5.74, 6) is -0.716. The molecular weight excluding hydrogens is 318 g/mol. The van der Waals surface area contributed by atoms with Gasteiger partial charge in [0.2, 0.25) is 0 Å². The molecule has 6 heteroatoms. The van der Waals surface area contributed by atoms with Crippen LogP contribution >= 0.6 is 0 Å². The highest BCUT2D eigenvalue weighted by molar-refractivity contribution is 6.11. The maximum Gasteiger partial charge on any atom is 0.266 e. The molecule has 0 aliphatic rings. The minimum absolute atomic E-state index is 0.0184. The molecule has 3 N–H and O–H groups in total. The molecule has 0 atom stereocenters. The predicted octanol–water partition coefficient (Wildman–Crippen LogP) is 3.19. The Morgan fingerprint density at radius 1 is 1.08 bits per heavy atom. The number of benzene rings is 2. The number of hydrogen-bond acceptors (Lipinski definition) is 5. The smallest absolute Gasteiger partial charge is 0.266 e. The second-order valence-electron chi connectivity index (χ2n) is 5.21. The summed E-state index contributed by atoms with van der Waals surface area (Å²) in [6, 6.07) is 14.6. The fourth-order valence-corrected chi connectivity index (χ4v) is 2.38. The molecule has 0 aliphatic carbocycles. The number of pyridine rings is 1. The van der Waals surface area contributed by atoms with E-state index in [0.29, 0.717) is 16.5 Å². The van der Waals surface area contributed by atoms with Crippen molar-refractivity contribution < 1.29 is 15.0 Å². The molecule has 1 amide bonds. The van der Waals surface area contributed by atoms with Gasteiger partial charge in [0.25, 0.3) is 5.91 Å². The predicted molar refractivity (Wildman–Crippen MR) is 93.7 cm³/mol. The zero-order valence-electron chi connectivity index (χ0n) is 13.0. The van der Waals surface area contributed by atoms with Gasteiger partial charge in [0, 0.05) is 11.6 Å². The highest BCUT2D eigenvalue weighted by Gasteiger charge is 2.13. The molecule has 0 radical (unpaired) electrons. The van der Waals surface area contributed by atoms with Gasteiger partial charge >= 0.3 is 0 Å². The third-order valence-electron chi connectivity index (χ3n) is 3.60. The zero-order valence-corrected chi connectivity index (χ0v) is 13.0. The average molecular weight is 331 g/mol. The summed E-state index contributed by atoms with van der Waals surface area (Å²) in [7, 11) is 0. The Labute approximate surface area is 143 Å². The second-order valence-corrected chi connectivity index (χ2v) is 5.21. The van der Waals surface area contributed by atoms with Gasteiger partial charge < -0.3 is 15.5 Å². The number of phenols is 2. The number of nitrogens with zero attached hydrogens (tertiary/aromatic N) is 2. The number of amides is 1. The molecule has 6 nitrogen and oxygen atoms in total. The van der Waals surface area contributed by atoms with Gasteiger partial charge in [-0.2, -0.15) is 5.26 Å². The lowest BCUT2D eigenvalue weighted by atomic mass is 10.0. The van der Waals surface area contributed by atoms with Crippen molar-refractivity contribution in [1.82, 2.24) is 4.98 Å². The lowest BCUT2D eigenvalue weighted by Gasteiger charge is -2.07. The van der Waals surface area contributed by atoms with Crippen molar-refractivity contribution in [3.8, 4) is 17.6 Å². The number of nitrogens with one attached hydrogen (secondary N) is 1. The third kappa shape index (κ3) is 3.26. The highest BCUT2D eigenvalue weighted by Crippen LogP contribution is 2.27. The van der Waals surface area contributed by atoms with Gasteiger partial charge in [-0.3, -0.25) is 9.78 Å². The number of carbonyl (C=O) groups is 1. The molecule has 0 unspecified atom stereocenters. The minimum Gasteiger partial charge on any atom is -0.506 e. The Hall–Kier alpha value is -3.85. The van der Waals surface area contributed by atoms with Crippen LogP contribution in [0.1, 0.15) is 5.56 Å². The van der Waals surface area contributed by atoms with Gasteiger partial charge in [0.15, 0.2) is 0 Å². The van der Waals surface area contributed by atoms with Crippen molar-refractivity contribution in [3.05, 3.63) is 65.9 Å². The first-order valence-corrected chi connectivity index (χ1v) is 7.38. The molecule has 0 aliphatic heterocycles. The Bertz CT molecular complexity index is 1040. The van der Waals surface area contributed by atoms with E-state index in [-0.39, 0.29) is 22.8 Å². The van der Waals surface area contributed by atoms with Crippen molar-refractivity contribution >= 4 is 28.6 Å². The Balaban J connectivity index is 1.99. The molecule has 1 heterocycles. The molecule has 122 valence electrons. The summed E-state index contributed by atoms with van der Waals surface area (Å²) in [4.78, 5) is 16.4. The number of aromatic nitrogens is 1. The van der Waals surface area contributed by atoms with Crippen molar-refractivity contribution in [2.24, 2.45) is 0 Å². The van der Waals surface area contributed by atoms with Crippen LogP contribution in [0.4, 0.5) is 5.69 Å². The van der Waals surface area contributed by atoms with Gasteiger partial charge in [-0.25, -0.2) is 0 Å². The van der Waals surface area contributed by atoms with Gasteiger partial charge in [-0.1, -0.05) is 24.3 Å². The Morgan fingerprint density at radius 3 is 2.64 bits per heavy atom. The third-order valence-corrected chi connectivity index (χ3v) is 3.60. The van der Waals surface area contributed by atoms with Crippen LogP contribution in [-0.2, 0) is 4.79 Å². The van der Waals surface area contributed by atoms with Crippen LogP contribution in [0.15, 0.2) is 60.3 Å². The van der Waals surface area contributed by atoms with Crippen molar-refractivity contribution in [3.63, 3.8) is 0 Å². The molecule has 3 rings (SSSR count). The van der Waals surface area contributed by atoms with E-state index < -0.39 is 5.91 Å². The number of para-hydroxylation sites is 2. The highest BCUT2D eigenvalue weighted by atomic mass is 16.3.